The minimum atomic E-state index is -0.621. The molecule has 0 N–H and O–H groups in total. The van der Waals surface area contributed by atoms with Crippen LogP contribution in [0.25, 0.3) is 33.0 Å². The number of ether oxygens (including phenoxy) is 1. The highest BCUT2D eigenvalue weighted by Crippen LogP contribution is 2.28. The molecule has 0 aliphatic carbocycles. The molecule has 0 atom stereocenters. The van der Waals surface area contributed by atoms with Crippen LogP contribution < -0.4 is 15.9 Å². The van der Waals surface area contributed by atoms with Gasteiger partial charge < -0.3 is 13.7 Å². The van der Waals surface area contributed by atoms with Crippen LogP contribution in [0, 0.1) is 6.92 Å². The van der Waals surface area contributed by atoms with Crippen LogP contribution >= 0.6 is 0 Å². The van der Waals surface area contributed by atoms with E-state index in [-0.39, 0.29) is 10.9 Å². The van der Waals surface area contributed by atoms with Gasteiger partial charge in [0, 0.05) is 10.8 Å². The van der Waals surface area contributed by atoms with Crippen LogP contribution in [0.3, 0.4) is 0 Å². The maximum Gasteiger partial charge on any atom is 0.349 e. The van der Waals surface area contributed by atoms with Gasteiger partial charge in [-0.15, -0.1) is 0 Å². The smallest absolute Gasteiger partial charge is 0.349 e. The van der Waals surface area contributed by atoms with Gasteiger partial charge >= 0.3 is 5.63 Å². The zero-order chi connectivity index (χ0) is 22.2. The summed E-state index contributed by atoms with van der Waals surface area (Å²) in [5, 5.41) is 1.41. The maximum atomic E-state index is 13.7. The van der Waals surface area contributed by atoms with Crippen LogP contribution in [-0.2, 0) is 6.54 Å². The van der Waals surface area contributed by atoms with Gasteiger partial charge in [0.15, 0.2) is 0 Å². The molecule has 2 heterocycles. The van der Waals surface area contributed by atoms with E-state index in [1.807, 2.05) is 79.7 Å². The van der Waals surface area contributed by atoms with Crippen molar-refractivity contribution in [3.63, 3.8) is 0 Å². The van der Waals surface area contributed by atoms with Crippen LogP contribution in [0.5, 0.6) is 5.75 Å². The van der Waals surface area contributed by atoms with Gasteiger partial charge in [0.05, 0.1) is 19.3 Å². The Balaban J connectivity index is 1.88. The van der Waals surface area contributed by atoms with E-state index in [2.05, 4.69) is 0 Å². The van der Waals surface area contributed by atoms with Crippen molar-refractivity contribution in [3.05, 3.63) is 111 Å². The van der Waals surface area contributed by atoms with Gasteiger partial charge in [-0.05, 0) is 60.5 Å². The van der Waals surface area contributed by atoms with E-state index in [1.165, 1.54) is 0 Å². The summed E-state index contributed by atoms with van der Waals surface area (Å²) in [4.78, 5) is 26.5. The fraction of sp³-hybridized carbons (Fsp3) is 0.111. The van der Waals surface area contributed by atoms with Gasteiger partial charge in [-0.3, -0.25) is 4.79 Å². The predicted octanol–water partition coefficient (Wildman–Crippen LogP) is 5.14. The quantitative estimate of drug-likeness (QED) is 0.297. The van der Waals surface area contributed by atoms with E-state index >= 15 is 0 Å². The normalized spacial score (nSPS) is 11.2. The molecular weight excluding hydrogens is 402 g/mol. The average molecular weight is 423 g/mol. The molecule has 0 saturated heterocycles. The zero-order valence-corrected chi connectivity index (χ0v) is 17.8. The molecule has 2 aromatic heterocycles. The molecule has 0 fully saturated rings. The Hall–Kier alpha value is -4.12. The fourth-order valence-corrected chi connectivity index (χ4v) is 4.07. The second kappa shape index (κ2) is 7.85. The third kappa shape index (κ3) is 3.38. The maximum absolute atomic E-state index is 13.7. The summed E-state index contributed by atoms with van der Waals surface area (Å²) in [5.74, 6) is 0.730. The van der Waals surface area contributed by atoms with Gasteiger partial charge in [0.1, 0.15) is 16.7 Å². The van der Waals surface area contributed by atoms with Crippen molar-refractivity contribution in [2.45, 2.75) is 13.5 Å². The monoisotopic (exact) mass is 423 g/mol. The van der Waals surface area contributed by atoms with Crippen LogP contribution in [-0.4, -0.2) is 11.7 Å². The standard InChI is InChI=1S/C27H21NO4/c1-17-8-13-24-21(14-17)22-15-23(19-9-11-20(31-2)12-10-19)28(16-18-6-4-3-5-7-18)26(29)25(22)27(30)32-24/h3-15H,16H2,1-2H3. The summed E-state index contributed by atoms with van der Waals surface area (Å²) < 4.78 is 12.4. The molecule has 0 aliphatic heterocycles. The van der Waals surface area contributed by atoms with E-state index in [1.54, 1.807) is 17.7 Å². The lowest BCUT2D eigenvalue weighted by Gasteiger charge is -2.16. The van der Waals surface area contributed by atoms with Gasteiger partial charge in [0.25, 0.3) is 5.56 Å². The predicted molar refractivity (Wildman–Crippen MR) is 127 cm³/mol. The molecule has 32 heavy (non-hydrogen) atoms. The summed E-state index contributed by atoms with van der Waals surface area (Å²) >= 11 is 0. The Morgan fingerprint density at radius 3 is 2.34 bits per heavy atom. The van der Waals surface area contributed by atoms with Gasteiger partial charge in [0.2, 0.25) is 0 Å². The molecule has 0 bridgehead atoms. The van der Waals surface area contributed by atoms with Crippen molar-refractivity contribution in [2.24, 2.45) is 0 Å². The highest BCUT2D eigenvalue weighted by Gasteiger charge is 2.18. The SMILES string of the molecule is COc1ccc(-c2cc3c(c(=O)oc4ccc(C)cc43)c(=O)n2Cc2ccccc2)cc1. The number of hydrogen-bond donors (Lipinski definition) is 0. The zero-order valence-electron chi connectivity index (χ0n) is 17.8. The van der Waals surface area contributed by atoms with Crippen molar-refractivity contribution < 1.29 is 9.15 Å². The fourth-order valence-electron chi connectivity index (χ4n) is 4.07. The van der Waals surface area contributed by atoms with Crippen LogP contribution in [0.2, 0.25) is 0 Å². The summed E-state index contributed by atoms with van der Waals surface area (Å²) in [7, 11) is 1.62. The highest BCUT2D eigenvalue weighted by atomic mass is 16.5. The molecule has 5 heteroatoms. The minimum Gasteiger partial charge on any atom is -0.497 e. The van der Waals surface area contributed by atoms with Crippen LogP contribution in [0.1, 0.15) is 11.1 Å². The molecule has 0 amide bonds. The Kier molecular flexibility index (Phi) is 4.86. The van der Waals surface area contributed by atoms with E-state index in [0.29, 0.717) is 17.5 Å². The molecule has 0 unspecified atom stereocenters. The largest absolute Gasteiger partial charge is 0.497 e. The molecule has 0 spiro atoms. The van der Waals surface area contributed by atoms with Crippen LogP contribution in [0.4, 0.5) is 0 Å². The Bertz CT molecular complexity index is 1560. The van der Waals surface area contributed by atoms with Crippen molar-refractivity contribution in [3.8, 4) is 17.0 Å². The number of fused-ring (bicyclic) bond motifs is 3. The first-order valence-electron chi connectivity index (χ1n) is 10.3. The van der Waals surface area contributed by atoms with E-state index < -0.39 is 5.63 Å². The van der Waals surface area contributed by atoms with E-state index in [9.17, 15) is 9.59 Å². The number of benzene rings is 3. The summed E-state index contributed by atoms with van der Waals surface area (Å²) in [5.41, 5.74) is 3.04. The summed E-state index contributed by atoms with van der Waals surface area (Å²) in [6.45, 7) is 2.31. The second-order valence-corrected chi connectivity index (χ2v) is 7.81. The third-order valence-electron chi connectivity index (χ3n) is 5.70. The lowest BCUT2D eigenvalue weighted by molar-refractivity contribution is 0.415. The molecule has 5 aromatic rings. The minimum absolute atomic E-state index is 0.0660. The Morgan fingerprint density at radius 2 is 1.62 bits per heavy atom. The summed E-state index contributed by atoms with van der Waals surface area (Å²) in [6.07, 6.45) is 0. The summed E-state index contributed by atoms with van der Waals surface area (Å²) in [6, 6.07) is 24.8. The van der Waals surface area contributed by atoms with Crippen LogP contribution in [0.15, 0.2) is 92.9 Å². The Morgan fingerprint density at radius 1 is 0.875 bits per heavy atom. The molecular formula is C27H21NO4. The lowest BCUT2D eigenvalue weighted by Crippen LogP contribution is -2.26. The van der Waals surface area contributed by atoms with Gasteiger partial charge in [-0.25, -0.2) is 4.79 Å². The molecule has 0 aliphatic rings. The molecule has 5 nitrogen and oxygen atoms in total. The highest BCUT2D eigenvalue weighted by molar-refractivity contribution is 6.05. The lowest BCUT2D eigenvalue weighted by atomic mass is 10.0. The number of nitrogens with zero attached hydrogens (tertiary/aromatic N) is 1. The van der Waals surface area contributed by atoms with Gasteiger partial charge in [-0.1, -0.05) is 42.0 Å². The number of aromatic nitrogens is 1. The third-order valence-corrected chi connectivity index (χ3v) is 5.70. The first-order valence-corrected chi connectivity index (χ1v) is 10.3. The molecule has 158 valence electrons. The number of pyridine rings is 1. The molecule has 3 aromatic carbocycles. The number of methoxy groups -OCH3 is 1. The van der Waals surface area contributed by atoms with Crippen molar-refractivity contribution in [2.75, 3.05) is 7.11 Å². The number of hydrogen-bond acceptors (Lipinski definition) is 4. The topological polar surface area (TPSA) is 61.4 Å². The average Bonchev–Trinajstić information content (AvgIpc) is 2.81. The second-order valence-electron chi connectivity index (χ2n) is 7.81. The first kappa shape index (κ1) is 19.8. The number of aryl methyl sites for hydroxylation is 1. The molecule has 0 radical (unpaired) electrons. The molecule has 5 rings (SSSR count). The van der Waals surface area contributed by atoms with Crippen molar-refractivity contribution >= 4 is 21.7 Å². The van der Waals surface area contributed by atoms with Gasteiger partial charge in [-0.2, -0.15) is 0 Å². The first-order chi connectivity index (χ1) is 15.5. The van der Waals surface area contributed by atoms with E-state index in [4.69, 9.17) is 9.15 Å². The number of rotatable bonds is 4. The van der Waals surface area contributed by atoms with E-state index in [0.717, 1.165) is 33.5 Å². The Labute approximate surface area is 184 Å². The van der Waals surface area contributed by atoms with Crippen molar-refractivity contribution in [1.29, 1.82) is 0 Å². The van der Waals surface area contributed by atoms with Crippen molar-refractivity contribution in [1.82, 2.24) is 4.57 Å². The molecule has 0 saturated carbocycles.